The van der Waals surface area contributed by atoms with E-state index in [4.69, 9.17) is 9.47 Å². The zero-order valence-corrected chi connectivity index (χ0v) is 15.8. The largest absolute Gasteiger partial charge is 0.482 e. The third-order valence-corrected chi connectivity index (χ3v) is 3.84. The Balaban J connectivity index is 1.71. The normalized spacial score (nSPS) is 14.2. The van der Waals surface area contributed by atoms with E-state index in [1.165, 1.54) is 14.0 Å². The molecule has 3 rings (SSSR count). The van der Waals surface area contributed by atoms with Crippen molar-refractivity contribution >= 4 is 35.5 Å². The lowest BCUT2D eigenvalue weighted by molar-refractivity contribution is -0.143. The van der Waals surface area contributed by atoms with Crippen LogP contribution in [0.5, 0.6) is 5.75 Å². The summed E-state index contributed by atoms with van der Waals surface area (Å²) in [6.45, 7) is 1.24. The first-order valence-corrected chi connectivity index (χ1v) is 8.65. The van der Waals surface area contributed by atoms with Crippen LogP contribution in [-0.4, -0.2) is 37.5 Å². The van der Waals surface area contributed by atoms with Gasteiger partial charge in [0.05, 0.1) is 7.11 Å². The molecule has 1 heterocycles. The van der Waals surface area contributed by atoms with E-state index in [1.807, 2.05) is 0 Å². The highest BCUT2D eigenvalue weighted by atomic mass is 16.6. The van der Waals surface area contributed by atoms with Crippen LogP contribution >= 0.6 is 0 Å². The number of nitrogens with zero attached hydrogens (tertiary/aromatic N) is 1. The summed E-state index contributed by atoms with van der Waals surface area (Å²) in [4.78, 5) is 38.5. The molecule has 0 spiro atoms. The second kappa shape index (κ2) is 8.83. The number of anilines is 1. The number of carbonyl (C=O) groups excluding carboxylic acids is 3. The van der Waals surface area contributed by atoms with E-state index in [0.29, 0.717) is 22.6 Å². The van der Waals surface area contributed by atoms with E-state index in [0.717, 1.165) is 0 Å². The maximum atomic E-state index is 12.1. The van der Waals surface area contributed by atoms with Crippen molar-refractivity contribution in [3.63, 3.8) is 0 Å². The lowest BCUT2D eigenvalue weighted by Gasteiger charge is -2.04. The fourth-order valence-corrected chi connectivity index (χ4v) is 2.45. The number of cyclic esters (lactones) is 1. The number of hydrogen-bond acceptors (Lipinski definition) is 7. The van der Waals surface area contributed by atoms with E-state index in [9.17, 15) is 14.4 Å². The average Bonchev–Trinajstić information content (AvgIpc) is 3.07. The first-order chi connectivity index (χ1) is 13.9. The summed E-state index contributed by atoms with van der Waals surface area (Å²) in [6, 6.07) is 13.6. The van der Waals surface area contributed by atoms with Crippen LogP contribution in [0, 0.1) is 0 Å². The zero-order valence-electron chi connectivity index (χ0n) is 15.8. The van der Waals surface area contributed by atoms with Crippen LogP contribution in [0.1, 0.15) is 18.1 Å². The predicted molar refractivity (Wildman–Crippen MR) is 105 cm³/mol. The lowest BCUT2D eigenvalue weighted by atomic mass is 10.2. The quantitative estimate of drug-likeness (QED) is 0.597. The molecule has 0 saturated carbocycles. The van der Waals surface area contributed by atoms with Gasteiger partial charge in [-0.05, 0) is 48.0 Å². The van der Waals surface area contributed by atoms with Crippen LogP contribution in [0.15, 0.2) is 59.2 Å². The van der Waals surface area contributed by atoms with Gasteiger partial charge in [-0.2, -0.15) is 0 Å². The number of benzene rings is 2. The highest BCUT2D eigenvalue weighted by Gasteiger charge is 2.24. The first kappa shape index (κ1) is 19.8. The molecule has 0 unspecified atom stereocenters. The SMILES string of the molecule is COC(=O)COc1ccc(/C=C2\N=C(c3ccc(NC(C)=O)cc3)OC2=O)cc1. The summed E-state index contributed by atoms with van der Waals surface area (Å²) in [7, 11) is 1.29. The molecule has 0 fully saturated rings. The van der Waals surface area contributed by atoms with Gasteiger partial charge >= 0.3 is 11.9 Å². The average molecular weight is 394 g/mol. The van der Waals surface area contributed by atoms with Gasteiger partial charge in [0, 0.05) is 18.2 Å². The molecule has 2 aromatic rings. The Morgan fingerprint density at radius 1 is 1.10 bits per heavy atom. The minimum Gasteiger partial charge on any atom is -0.482 e. The Morgan fingerprint density at radius 2 is 1.79 bits per heavy atom. The monoisotopic (exact) mass is 394 g/mol. The van der Waals surface area contributed by atoms with Crippen molar-refractivity contribution in [1.82, 2.24) is 0 Å². The molecule has 148 valence electrons. The van der Waals surface area contributed by atoms with Gasteiger partial charge in [-0.15, -0.1) is 0 Å². The van der Waals surface area contributed by atoms with Crippen LogP contribution in [0.25, 0.3) is 6.08 Å². The zero-order chi connectivity index (χ0) is 20.8. The topological polar surface area (TPSA) is 103 Å². The molecule has 0 saturated heterocycles. The number of hydrogen-bond donors (Lipinski definition) is 1. The molecule has 0 aliphatic carbocycles. The molecule has 0 radical (unpaired) electrons. The smallest absolute Gasteiger partial charge is 0.363 e. The summed E-state index contributed by atoms with van der Waals surface area (Å²) >= 11 is 0. The molecule has 1 aliphatic heterocycles. The Hall–Kier alpha value is -3.94. The molecular weight excluding hydrogens is 376 g/mol. The van der Waals surface area contributed by atoms with E-state index < -0.39 is 11.9 Å². The molecule has 1 amide bonds. The second-order valence-corrected chi connectivity index (χ2v) is 6.03. The second-order valence-electron chi connectivity index (χ2n) is 6.03. The number of nitrogens with one attached hydrogen (secondary N) is 1. The minimum atomic E-state index is -0.558. The van der Waals surface area contributed by atoms with Crippen molar-refractivity contribution in [3.8, 4) is 5.75 Å². The van der Waals surface area contributed by atoms with Gasteiger partial charge < -0.3 is 19.5 Å². The van der Waals surface area contributed by atoms with Gasteiger partial charge in [-0.3, -0.25) is 4.79 Å². The van der Waals surface area contributed by atoms with Crippen LogP contribution in [-0.2, 0) is 23.9 Å². The van der Waals surface area contributed by atoms with E-state index in [2.05, 4.69) is 15.0 Å². The van der Waals surface area contributed by atoms with Crippen LogP contribution in [0.3, 0.4) is 0 Å². The molecule has 8 nitrogen and oxygen atoms in total. The van der Waals surface area contributed by atoms with E-state index in [-0.39, 0.29) is 24.1 Å². The molecule has 1 N–H and O–H groups in total. The Bertz CT molecular complexity index is 991. The third kappa shape index (κ3) is 5.29. The molecule has 8 heteroatoms. The Morgan fingerprint density at radius 3 is 2.41 bits per heavy atom. The van der Waals surface area contributed by atoms with E-state index >= 15 is 0 Å². The predicted octanol–water partition coefficient (Wildman–Crippen LogP) is 2.54. The summed E-state index contributed by atoms with van der Waals surface area (Å²) in [5.74, 6) is -0.521. The Kier molecular flexibility index (Phi) is 6.03. The van der Waals surface area contributed by atoms with Gasteiger partial charge in [-0.1, -0.05) is 12.1 Å². The minimum absolute atomic E-state index is 0.161. The summed E-state index contributed by atoms with van der Waals surface area (Å²) in [5, 5.41) is 2.66. The molecule has 1 aliphatic rings. The number of methoxy groups -OCH3 is 1. The standard InChI is InChI=1S/C21H18N2O6/c1-13(24)22-16-7-5-15(6-8-16)20-23-18(21(26)29-20)11-14-3-9-17(10-4-14)28-12-19(25)27-2/h3-11H,12H2,1-2H3,(H,22,24)/b18-11-. The van der Waals surface area contributed by atoms with Gasteiger partial charge in [0.25, 0.3) is 0 Å². The maximum Gasteiger partial charge on any atom is 0.363 e. The highest BCUT2D eigenvalue weighted by Crippen LogP contribution is 2.21. The molecule has 29 heavy (non-hydrogen) atoms. The number of rotatable bonds is 6. The molecule has 2 aromatic carbocycles. The summed E-state index contributed by atoms with van der Waals surface area (Å²) < 4.78 is 15.0. The number of carbonyl (C=O) groups is 3. The van der Waals surface area contributed by atoms with E-state index in [1.54, 1.807) is 54.6 Å². The van der Waals surface area contributed by atoms with Crippen LogP contribution < -0.4 is 10.1 Å². The number of aliphatic imine (C=N–C) groups is 1. The molecular formula is C21H18N2O6. The number of ether oxygens (including phenoxy) is 3. The molecule has 0 atom stereocenters. The molecule has 0 bridgehead atoms. The van der Waals surface area contributed by atoms with Crippen molar-refractivity contribution in [3.05, 3.63) is 65.4 Å². The van der Waals surface area contributed by atoms with Crippen molar-refractivity contribution in [2.45, 2.75) is 6.92 Å². The third-order valence-electron chi connectivity index (χ3n) is 3.84. The van der Waals surface area contributed by atoms with Gasteiger partial charge in [0.2, 0.25) is 11.8 Å². The van der Waals surface area contributed by atoms with Crippen molar-refractivity contribution in [2.75, 3.05) is 19.0 Å². The summed E-state index contributed by atoms with van der Waals surface area (Å²) in [5.41, 5.74) is 2.13. The number of amides is 1. The van der Waals surface area contributed by atoms with Crippen LogP contribution in [0.2, 0.25) is 0 Å². The first-order valence-electron chi connectivity index (χ1n) is 8.65. The van der Waals surface area contributed by atoms with Crippen molar-refractivity contribution < 1.29 is 28.6 Å². The van der Waals surface area contributed by atoms with Crippen LogP contribution in [0.4, 0.5) is 5.69 Å². The lowest BCUT2D eigenvalue weighted by Crippen LogP contribution is -2.12. The number of esters is 2. The van der Waals surface area contributed by atoms with Crippen molar-refractivity contribution in [2.24, 2.45) is 4.99 Å². The van der Waals surface area contributed by atoms with Gasteiger partial charge in [-0.25, -0.2) is 14.6 Å². The highest BCUT2D eigenvalue weighted by molar-refractivity contribution is 6.13. The Labute approximate surface area is 166 Å². The maximum absolute atomic E-state index is 12.1. The van der Waals surface area contributed by atoms with Crippen molar-refractivity contribution in [1.29, 1.82) is 0 Å². The van der Waals surface area contributed by atoms with Gasteiger partial charge in [0.1, 0.15) is 5.75 Å². The summed E-state index contributed by atoms with van der Waals surface area (Å²) in [6.07, 6.45) is 1.59. The molecule has 0 aromatic heterocycles. The fraction of sp³-hybridized carbons (Fsp3) is 0.143. The van der Waals surface area contributed by atoms with Gasteiger partial charge in [0.15, 0.2) is 12.3 Å². The fourth-order valence-electron chi connectivity index (χ4n) is 2.45.